The Morgan fingerprint density at radius 2 is 2.04 bits per heavy atom. The van der Waals surface area contributed by atoms with Gasteiger partial charge >= 0.3 is 0 Å². The Morgan fingerprint density at radius 1 is 1.30 bits per heavy atom. The van der Waals surface area contributed by atoms with Crippen molar-refractivity contribution in [2.75, 3.05) is 14.2 Å². The first-order valence-corrected chi connectivity index (χ1v) is 8.25. The summed E-state index contributed by atoms with van der Waals surface area (Å²) in [5, 5.41) is 3.91. The number of nitrogens with one attached hydrogen (secondary N) is 1. The Balaban J connectivity index is 2.14. The second-order valence-electron chi connectivity index (χ2n) is 5.46. The van der Waals surface area contributed by atoms with E-state index in [0.717, 1.165) is 16.3 Å². The van der Waals surface area contributed by atoms with E-state index in [1.807, 2.05) is 25.1 Å². The Hall–Kier alpha value is -2.08. The molecule has 0 atom stereocenters. The fourth-order valence-corrected chi connectivity index (χ4v) is 3.21. The molecular formula is C17H22N2O3S. The second kappa shape index (κ2) is 7.46. The molecule has 6 heteroatoms. The molecule has 23 heavy (non-hydrogen) atoms. The van der Waals surface area contributed by atoms with Gasteiger partial charge in [-0.05, 0) is 13.0 Å². The molecule has 0 fully saturated rings. The van der Waals surface area contributed by atoms with Crippen LogP contribution < -0.4 is 14.8 Å². The molecule has 0 unspecified atom stereocenters. The van der Waals surface area contributed by atoms with E-state index >= 15 is 0 Å². The van der Waals surface area contributed by atoms with Gasteiger partial charge < -0.3 is 14.8 Å². The summed E-state index contributed by atoms with van der Waals surface area (Å²) in [4.78, 5) is 17.5. The molecule has 2 aromatic rings. The van der Waals surface area contributed by atoms with Crippen molar-refractivity contribution >= 4 is 17.2 Å². The zero-order valence-corrected chi connectivity index (χ0v) is 14.9. The largest absolute Gasteiger partial charge is 0.493 e. The van der Waals surface area contributed by atoms with Gasteiger partial charge in [0.15, 0.2) is 11.5 Å². The van der Waals surface area contributed by atoms with E-state index in [1.54, 1.807) is 14.2 Å². The Morgan fingerprint density at radius 3 is 2.61 bits per heavy atom. The summed E-state index contributed by atoms with van der Waals surface area (Å²) in [6.45, 7) is 6.37. The molecule has 124 valence electrons. The van der Waals surface area contributed by atoms with E-state index in [-0.39, 0.29) is 5.91 Å². The highest BCUT2D eigenvalue weighted by Crippen LogP contribution is 2.30. The molecule has 1 aromatic heterocycles. The zero-order valence-electron chi connectivity index (χ0n) is 14.1. The van der Waals surface area contributed by atoms with Crippen LogP contribution in [0.25, 0.3) is 0 Å². The van der Waals surface area contributed by atoms with E-state index in [4.69, 9.17) is 9.47 Å². The first-order chi connectivity index (χ1) is 11.0. The van der Waals surface area contributed by atoms with Gasteiger partial charge in [-0.15, -0.1) is 11.3 Å². The molecule has 0 saturated carbocycles. The molecule has 1 N–H and O–H groups in total. The van der Waals surface area contributed by atoms with Crippen molar-refractivity contribution in [3.63, 3.8) is 0 Å². The van der Waals surface area contributed by atoms with Gasteiger partial charge in [-0.1, -0.05) is 26.0 Å². The van der Waals surface area contributed by atoms with Crippen molar-refractivity contribution in [1.29, 1.82) is 0 Å². The number of hydrogen-bond acceptors (Lipinski definition) is 5. The third-order valence-electron chi connectivity index (χ3n) is 3.44. The average Bonchev–Trinajstić information content (AvgIpc) is 2.94. The summed E-state index contributed by atoms with van der Waals surface area (Å²) < 4.78 is 10.7. The summed E-state index contributed by atoms with van der Waals surface area (Å²) in [7, 11) is 3.18. The summed E-state index contributed by atoms with van der Waals surface area (Å²) >= 11 is 1.45. The molecule has 0 saturated heterocycles. The summed E-state index contributed by atoms with van der Waals surface area (Å²) in [5.41, 5.74) is 1.64. The average molecular weight is 334 g/mol. The van der Waals surface area contributed by atoms with Crippen LogP contribution in [0.5, 0.6) is 11.5 Å². The number of aryl methyl sites for hydroxylation is 1. The minimum atomic E-state index is -0.114. The number of thiazole rings is 1. The number of amides is 1. The van der Waals surface area contributed by atoms with E-state index in [2.05, 4.69) is 24.1 Å². The maximum Gasteiger partial charge on any atom is 0.263 e. The van der Waals surface area contributed by atoms with Gasteiger partial charge in [-0.2, -0.15) is 0 Å². The Labute approximate surface area is 140 Å². The van der Waals surface area contributed by atoms with Crippen molar-refractivity contribution in [1.82, 2.24) is 10.3 Å². The molecular weight excluding hydrogens is 312 g/mol. The lowest BCUT2D eigenvalue weighted by Crippen LogP contribution is -2.23. The van der Waals surface area contributed by atoms with Gasteiger partial charge in [0.25, 0.3) is 5.91 Å². The lowest BCUT2D eigenvalue weighted by Gasteiger charge is -2.13. The van der Waals surface area contributed by atoms with Crippen LogP contribution in [0.2, 0.25) is 0 Å². The highest BCUT2D eigenvalue weighted by Gasteiger charge is 2.17. The molecule has 0 spiro atoms. The third kappa shape index (κ3) is 3.82. The third-order valence-corrected chi connectivity index (χ3v) is 4.89. The monoisotopic (exact) mass is 334 g/mol. The van der Waals surface area contributed by atoms with Crippen molar-refractivity contribution < 1.29 is 14.3 Å². The van der Waals surface area contributed by atoms with Crippen LogP contribution in [-0.2, 0) is 6.54 Å². The highest BCUT2D eigenvalue weighted by atomic mass is 32.1. The number of carbonyl (C=O) groups excluding carboxylic acids is 1. The standard InChI is InChI=1S/C17H22N2O3S/c1-10(2)17-19-11(3)15(23-17)16(20)18-9-12-7-6-8-13(21-4)14(12)22-5/h6-8,10H,9H2,1-5H3,(H,18,20). The fourth-order valence-electron chi connectivity index (χ4n) is 2.22. The molecule has 0 aliphatic heterocycles. The number of nitrogens with zero attached hydrogens (tertiary/aromatic N) is 1. The van der Waals surface area contributed by atoms with Crippen LogP contribution in [0.3, 0.4) is 0 Å². The first-order valence-electron chi connectivity index (χ1n) is 7.43. The zero-order chi connectivity index (χ0) is 17.0. The van der Waals surface area contributed by atoms with Crippen LogP contribution in [0.1, 0.15) is 45.7 Å². The van der Waals surface area contributed by atoms with Gasteiger partial charge in [0.2, 0.25) is 0 Å². The van der Waals surface area contributed by atoms with E-state index < -0.39 is 0 Å². The van der Waals surface area contributed by atoms with Gasteiger partial charge in [-0.3, -0.25) is 4.79 Å². The molecule has 0 radical (unpaired) electrons. The minimum Gasteiger partial charge on any atom is -0.493 e. The highest BCUT2D eigenvalue weighted by molar-refractivity contribution is 7.13. The second-order valence-corrected chi connectivity index (χ2v) is 6.49. The quantitative estimate of drug-likeness (QED) is 0.878. The molecule has 2 rings (SSSR count). The maximum absolute atomic E-state index is 12.4. The summed E-state index contributed by atoms with van der Waals surface area (Å²) in [5.74, 6) is 1.49. The lowest BCUT2D eigenvalue weighted by atomic mass is 10.2. The van der Waals surface area contributed by atoms with Gasteiger partial charge in [0, 0.05) is 18.0 Å². The summed E-state index contributed by atoms with van der Waals surface area (Å²) in [6, 6.07) is 5.60. The van der Waals surface area contributed by atoms with Crippen LogP contribution in [-0.4, -0.2) is 25.1 Å². The number of hydrogen-bond donors (Lipinski definition) is 1. The number of carbonyl (C=O) groups is 1. The van der Waals surface area contributed by atoms with Gasteiger partial charge in [0.1, 0.15) is 4.88 Å². The van der Waals surface area contributed by atoms with Crippen molar-refractivity contribution in [2.45, 2.75) is 33.2 Å². The van der Waals surface area contributed by atoms with Crippen LogP contribution >= 0.6 is 11.3 Å². The number of benzene rings is 1. The Bertz CT molecular complexity index is 695. The van der Waals surface area contributed by atoms with Crippen molar-refractivity contribution in [3.8, 4) is 11.5 Å². The van der Waals surface area contributed by atoms with Crippen LogP contribution in [0.4, 0.5) is 0 Å². The predicted molar refractivity (Wildman–Crippen MR) is 91.7 cm³/mol. The number of rotatable bonds is 6. The smallest absolute Gasteiger partial charge is 0.263 e. The fraction of sp³-hybridized carbons (Fsp3) is 0.412. The summed E-state index contributed by atoms with van der Waals surface area (Å²) in [6.07, 6.45) is 0. The molecule has 0 aliphatic rings. The van der Waals surface area contributed by atoms with E-state index in [0.29, 0.717) is 28.8 Å². The Kier molecular flexibility index (Phi) is 5.60. The molecule has 0 bridgehead atoms. The number of para-hydroxylation sites is 1. The topological polar surface area (TPSA) is 60.5 Å². The van der Waals surface area contributed by atoms with Crippen LogP contribution in [0, 0.1) is 6.92 Å². The van der Waals surface area contributed by atoms with Crippen molar-refractivity contribution in [3.05, 3.63) is 39.3 Å². The van der Waals surface area contributed by atoms with Gasteiger partial charge in [0.05, 0.1) is 24.9 Å². The SMILES string of the molecule is COc1cccc(CNC(=O)c2sc(C(C)C)nc2C)c1OC. The maximum atomic E-state index is 12.4. The molecule has 1 amide bonds. The first kappa shape index (κ1) is 17.3. The molecule has 0 aliphatic carbocycles. The van der Waals surface area contributed by atoms with Crippen LogP contribution in [0.15, 0.2) is 18.2 Å². The molecule has 1 aromatic carbocycles. The lowest BCUT2D eigenvalue weighted by molar-refractivity contribution is 0.0954. The number of ether oxygens (including phenoxy) is 2. The van der Waals surface area contributed by atoms with Gasteiger partial charge in [-0.25, -0.2) is 4.98 Å². The number of methoxy groups -OCH3 is 2. The predicted octanol–water partition coefficient (Wildman–Crippen LogP) is 3.52. The van der Waals surface area contributed by atoms with Crippen molar-refractivity contribution in [2.24, 2.45) is 0 Å². The van der Waals surface area contributed by atoms with E-state index in [1.165, 1.54) is 11.3 Å². The normalized spacial score (nSPS) is 10.7. The minimum absolute atomic E-state index is 0.114. The molecule has 5 nitrogen and oxygen atoms in total. The van der Waals surface area contributed by atoms with E-state index in [9.17, 15) is 4.79 Å². The number of aromatic nitrogens is 1. The molecule has 1 heterocycles.